The van der Waals surface area contributed by atoms with Crippen LogP contribution in [0.15, 0.2) is 72.9 Å². The van der Waals surface area contributed by atoms with Gasteiger partial charge in [-0.3, -0.25) is 9.59 Å². The van der Waals surface area contributed by atoms with E-state index in [0.717, 1.165) is 26.6 Å². The van der Waals surface area contributed by atoms with Crippen LogP contribution in [-0.2, 0) is 6.42 Å². The van der Waals surface area contributed by atoms with Crippen LogP contribution in [0.5, 0.6) is 0 Å². The van der Waals surface area contributed by atoms with E-state index < -0.39 is 5.91 Å². The zero-order valence-electron chi connectivity index (χ0n) is 18.7. The number of para-hydroxylation sites is 1. The first kappa shape index (κ1) is 22.8. The molecule has 35 heavy (non-hydrogen) atoms. The van der Waals surface area contributed by atoms with Gasteiger partial charge in [-0.2, -0.15) is 0 Å². The Morgan fingerprint density at radius 3 is 2.49 bits per heavy atom. The normalized spacial score (nSPS) is 11.0. The van der Waals surface area contributed by atoms with E-state index in [9.17, 15) is 9.59 Å². The van der Waals surface area contributed by atoms with Gasteiger partial charge in [-0.25, -0.2) is 15.0 Å². The first-order valence-corrected chi connectivity index (χ1v) is 12.0. The fourth-order valence-corrected chi connectivity index (χ4v) is 4.90. The van der Waals surface area contributed by atoms with Gasteiger partial charge in [0.05, 0.1) is 16.7 Å². The number of hydrogen-bond acceptors (Lipinski definition) is 6. The highest BCUT2D eigenvalue weighted by atomic mass is 35.5. The summed E-state index contributed by atoms with van der Waals surface area (Å²) in [5.74, 6) is -0.655. The molecule has 3 aromatic carbocycles. The molecule has 1 amide bonds. The number of ketones is 1. The van der Waals surface area contributed by atoms with E-state index in [1.165, 1.54) is 18.3 Å². The molecular weight excluding hydrogens is 480 g/mol. The number of halogens is 1. The number of carbonyl (C=O) groups excluding carboxylic acids is 2. The highest BCUT2D eigenvalue weighted by Crippen LogP contribution is 2.31. The van der Waals surface area contributed by atoms with E-state index in [2.05, 4.69) is 9.97 Å². The summed E-state index contributed by atoms with van der Waals surface area (Å²) in [6.45, 7) is 1.53. The van der Waals surface area contributed by atoms with Crippen LogP contribution < -0.4 is 5.73 Å². The van der Waals surface area contributed by atoms with Crippen molar-refractivity contribution in [1.29, 1.82) is 0 Å². The number of hydrogen-bond donors (Lipinski definition) is 1. The van der Waals surface area contributed by atoms with Crippen LogP contribution in [0.25, 0.3) is 32.7 Å². The second kappa shape index (κ2) is 9.37. The number of nitrogens with zero attached hydrogens (tertiary/aromatic N) is 3. The fraction of sp³-hybridized carbons (Fsp3) is 0.0741. The molecule has 2 N–H and O–H groups in total. The van der Waals surface area contributed by atoms with Crippen molar-refractivity contribution in [2.24, 2.45) is 5.73 Å². The zero-order chi connectivity index (χ0) is 24.5. The summed E-state index contributed by atoms with van der Waals surface area (Å²) < 4.78 is 0. The maximum absolute atomic E-state index is 12.2. The number of thiazole rings is 1. The average molecular weight is 499 g/mol. The lowest BCUT2D eigenvalue weighted by Crippen LogP contribution is -2.17. The number of Topliss-reactive ketones (excluding diaryl/α,β-unsaturated/α-hetero) is 1. The number of aromatic nitrogens is 3. The van der Waals surface area contributed by atoms with Crippen LogP contribution in [0.3, 0.4) is 0 Å². The summed E-state index contributed by atoms with van der Waals surface area (Å²) in [6, 6.07) is 20.4. The van der Waals surface area contributed by atoms with Crippen LogP contribution in [-0.4, -0.2) is 26.6 Å². The van der Waals surface area contributed by atoms with Crippen molar-refractivity contribution >= 4 is 45.7 Å². The Kier molecular flexibility index (Phi) is 6.11. The highest BCUT2D eigenvalue weighted by Gasteiger charge is 2.18. The minimum atomic E-state index is -0.638. The van der Waals surface area contributed by atoms with Crippen molar-refractivity contribution in [1.82, 2.24) is 15.0 Å². The molecule has 0 atom stereocenters. The number of benzene rings is 3. The monoisotopic (exact) mass is 498 g/mol. The highest BCUT2D eigenvalue weighted by molar-refractivity contribution is 7.15. The van der Waals surface area contributed by atoms with Gasteiger partial charge in [0.25, 0.3) is 5.91 Å². The Balaban J connectivity index is 1.59. The number of carbonyl (C=O) groups is 2. The standard InChI is InChI=1S/C27H19ClN4O2S/c1-15(33)17-4-2-5-18(12-17)21-6-3-7-22-24(21)32-23(25(31-22)26(29)34)13-20-14-30-27(35-20)16-8-10-19(28)11-9-16/h2-12,14H,13H2,1H3,(H2,29,34). The van der Waals surface area contributed by atoms with Crippen molar-refractivity contribution < 1.29 is 9.59 Å². The van der Waals surface area contributed by atoms with E-state index in [1.54, 1.807) is 18.3 Å². The summed E-state index contributed by atoms with van der Waals surface area (Å²) in [5, 5.41) is 1.50. The van der Waals surface area contributed by atoms with Crippen molar-refractivity contribution in [2.75, 3.05) is 0 Å². The van der Waals surface area contributed by atoms with Crippen molar-refractivity contribution in [3.05, 3.63) is 99.8 Å². The lowest BCUT2D eigenvalue weighted by molar-refractivity contribution is 0.0991. The van der Waals surface area contributed by atoms with Gasteiger partial charge in [-0.15, -0.1) is 11.3 Å². The van der Waals surface area contributed by atoms with E-state index in [1.807, 2.05) is 54.6 Å². The molecule has 0 aliphatic carbocycles. The molecular formula is C27H19ClN4O2S. The maximum atomic E-state index is 12.2. The molecule has 8 heteroatoms. The van der Waals surface area contributed by atoms with Gasteiger partial charge >= 0.3 is 0 Å². The van der Waals surface area contributed by atoms with E-state index in [0.29, 0.717) is 33.7 Å². The van der Waals surface area contributed by atoms with Crippen LogP contribution in [0.2, 0.25) is 5.02 Å². The van der Waals surface area contributed by atoms with Gasteiger partial charge in [-0.1, -0.05) is 54.1 Å². The number of nitrogens with two attached hydrogens (primary N) is 1. The van der Waals surface area contributed by atoms with E-state index in [-0.39, 0.29) is 11.5 Å². The number of primary amides is 1. The molecule has 5 rings (SSSR count). The second-order valence-electron chi connectivity index (χ2n) is 8.01. The van der Waals surface area contributed by atoms with Crippen molar-refractivity contribution in [3.8, 4) is 21.7 Å². The zero-order valence-corrected chi connectivity index (χ0v) is 20.2. The smallest absolute Gasteiger partial charge is 0.269 e. The molecule has 0 unspecified atom stereocenters. The molecule has 2 heterocycles. The van der Waals surface area contributed by atoms with Crippen molar-refractivity contribution in [2.45, 2.75) is 13.3 Å². The average Bonchev–Trinajstić information content (AvgIpc) is 3.32. The van der Waals surface area contributed by atoms with Gasteiger partial charge < -0.3 is 5.73 Å². The van der Waals surface area contributed by atoms with E-state index in [4.69, 9.17) is 22.3 Å². The molecule has 0 spiro atoms. The second-order valence-corrected chi connectivity index (χ2v) is 9.56. The quantitative estimate of drug-likeness (QED) is 0.291. The van der Waals surface area contributed by atoms with Crippen LogP contribution in [0.4, 0.5) is 0 Å². The molecule has 2 aromatic heterocycles. The summed E-state index contributed by atoms with van der Waals surface area (Å²) in [4.78, 5) is 39.0. The lowest BCUT2D eigenvalue weighted by atomic mass is 10.00. The Labute approximate surface area is 210 Å². The van der Waals surface area contributed by atoms with Gasteiger partial charge in [0.15, 0.2) is 11.5 Å². The molecule has 172 valence electrons. The van der Waals surface area contributed by atoms with Crippen molar-refractivity contribution in [3.63, 3.8) is 0 Å². The Hall–Kier alpha value is -3.94. The number of rotatable bonds is 6. The Morgan fingerprint density at radius 2 is 1.74 bits per heavy atom. The largest absolute Gasteiger partial charge is 0.364 e. The lowest BCUT2D eigenvalue weighted by Gasteiger charge is -2.11. The third-order valence-electron chi connectivity index (χ3n) is 5.57. The minimum absolute atomic E-state index is 0.0171. The van der Waals surface area contributed by atoms with Crippen LogP contribution in [0, 0.1) is 0 Å². The van der Waals surface area contributed by atoms with Gasteiger partial charge in [0.1, 0.15) is 5.01 Å². The molecule has 0 radical (unpaired) electrons. The van der Waals surface area contributed by atoms with Gasteiger partial charge in [0.2, 0.25) is 0 Å². The molecule has 0 aliphatic heterocycles. The predicted octanol–water partition coefficient (Wildman–Crippen LogP) is 5.97. The summed E-state index contributed by atoms with van der Waals surface area (Å²) in [7, 11) is 0. The van der Waals surface area contributed by atoms with E-state index >= 15 is 0 Å². The third-order valence-corrected chi connectivity index (χ3v) is 6.87. The maximum Gasteiger partial charge on any atom is 0.269 e. The molecule has 0 aliphatic rings. The first-order valence-electron chi connectivity index (χ1n) is 10.8. The SMILES string of the molecule is CC(=O)c1cccc(-c2cccc3nc(C(N)=O)c(Cc4cnc(-c5ccc(Cl)cc5)s4)nc23)c1. The van der Waals surface area contributed by atoms with Crippen LogP contribution in [0.1, 0.15) is 38.3 Å². The van der Waals surface area contributed by atoms with Crippen LogP contribution >= 0.6 is 22.9 Å². The molecule has 5 aromatic rings. The third kappa shape index (κ3) is 4.69. The molecule has 0 fully saturated rings. The topological polar surface area (TPSA) is 98.8 Å². The van der Waals surface area contributed by atoms with Gasteiger partial charge in [0, 0.05) is 39.2 Å². The fourth-order valence-electron chi connectivity index (χ4n) is 3.85. The number of amides is 1. The molecule has 6 nitrogen and oxygen atoms in total. The molecule has 0 bridgehead atoms. The molecule has 0 saturated carbocycles. The summed E-state index contributed by atoms with van der Waals surface area (Å²) in [5.41, 5.74) is 10.7. The summed E-state index contributed by atoms with van der Waals surface area (Å²) >= 11 is 7.50. The molecule has 0 saturated heterocycles. The summed E-state index contributed by atoms with van der Waals surface area (Å²) in [6.07, 6.45) is 2.13. The Bertz CT molecular complexity index is 1600. The van der Waals surface area contributed by atoms with Gasteiger partial charge in [-0.05, 0) is 36.8 Å². The predicted molar refractivity (Wildman–Crippen MR) is 139 cm³/mol. The minimum Gasteiger partial charge on any atom is -0.364 e. The Morgan fingerprint density at radius 1 is 0.971 bits per heavy atom. The number of fused-ring (bicyclic) bond motifs is 1. The first-order chi connectivity index (χ1) is 16.9.